The summed E-state index contributed by atoms with van der Waals surface area (Å²) >= 11 is 0. The smallest absolute Gasteiger partial charge is 0.225 e. The van der Waals surface area contributed by atoms with Crippen LogP contribution in [0.5, 0.6) is 0 Å². The van der Waals surface area contributed by atoms with Gasteiger partial charge in [-0.1, -0.05) is 42.5 Å². The highest BCUT2D eigenvalue weighted by molar-refractivity contribution is 5.69. The lowest BCUT2D eigenvalue weighted by Gasteiger charge is -2.14. The van der Waals surface area contributed by atoms with Crippen molar-refractivity contribution in [2.45, 2.75) is 13.8 Å². The van der Waals surface area contributed by atoms with Gasteiger partial charge in [-0.25, -0.2) is 4.98 Å². The van der Waals surface area contributed by atoms with Gasteiger partial charge >= 0.3 is 0 Å². The van der Waals surface area contributed by atoms with Gasteiger partial charge in [-0.3, -0.25) is 0 Å². The summed E-state index contributed by atoms with van der Waals surface area (Å²) < 4.78 is 5.10. The van der Waals surface area contributed by atoms with Gasteiger partial charge in [0.15, 0.2) is 0 Å². The molecule has 2 N–H and O–H groups in total. The van der Waals surface area contributed by atoms with Crippen molar-refractivity contribution in [1.82, 2.24) is 9.97 Å². The fourth-order valence-electron chi connectivity index (χ4n) is 2.64. The molecule has 0 aliphatic heterocycles. The van der Waals surface area contributed by atoms with E-state index in [4.69, 9.17) is 4.74 Å². The van der Waals surface area contributed by atoms with E-state index in [1.807, 2.05) is 42.5 Å². The second kappa shape index (κ2) is 8.45. The third kappa shape index (κ3) is 4.37. The topological polar surface area (TPSA) is 59.1 Å². The minimum Gasteiger partial charge on any atom is -0.383 e. The Morgan fingerprint density at radius 3 is 2.54 bits per heavy atom. The van der Waals surface area contributed by atoms with Crippen molar-refractivity contribution < 1.29 is 4.74 Å². The Bertz CT molecular complexity index is 865. The van der Waals surface area contributed by atoms with Crippen molar-refractivity contribution in [3.63, 3.8) is 0 Å². The molecule has 0 radical (unpaired) electrons. The van der Waals surface area contributed by atoms with Gasteiger partial charge in [0.1, 0.15) is 5.82 Å². The summed E-state index contributed by atoms with van der Waals surface area (Å²) in [5.41, 5.74) is 5.42. The highest BCUT2D eigenvalue weighted by Crippen LogP contribution is 2.26. The zero-order valence-electron chi connectivity index (χ0n) is 15.4. The van der Waals surface area contributed by atoms with Gasteiger partial charge in [0.25, 0.3) is 0 Å². The van der Waals surface area contributed by atoms with E-state index < -0.39 is 0 Å². The van der Waals surface area contributed by atoms with Crippen LogP contribution in [0, 0.1) is 13.8 Å². The summed E-state index contributed by atoms with van der Waals surface area (Å²) in [6, 6.07) is 18.3. The van der Waals surface area contributed by atoms with E-state index in [1.165, 1.54) is 11.1 Å². The Balaban J connectivity index is 1.95. The molecule has 3 rings (SSSR count). The van der Waals surface area contributed by atoms with Crippen LogP contribution in [-0.4, -0.2) is 30.2 Å². The average Bonchev–Trinajstić information content (AvgIpc) is 2.66. The van der Waals surface area contributed by atoms with E-state index in [0.29, 0.717) is 19.1 Å². The quantitative estimate of drug-likeness (QED) is 0.613. The average molecular weight is 348 g/mol. The second-order valence-corrected chi connectivity index (χ2v) is 6.12. The molecule has 5 nitrogen and oxygen atoms in total. The van der Waals surface area contributed by atoms with Crippen LogP contribution < -0.4 is 10.6 Å². The van der Waals surface area contributed by atoms with Gasteiger partial charge in [-0.15, -0.1) is 0 Å². The van der Waals surface area contributed by atoms with Crippen LogP contribution in [0.2, 0.25) is 0 Å². The van der Waals surface area contributed by atoms with Gasteiger partial charge in [-0.05, 0) is 31.0 Å². The zero-order valence-corrected chi connectivity index (χ0v) is 15.4. The molecule has 26 heavy (non-hydrogen) atoms. The number of ether oxygens (including phenoxy) is 1. The highest BCUT2D eigenvalue weighted by atomic mass is 16.5. The number of aryl methyl sites for hydroxylation is 1. The van der Waals surface area contributed by atoms with Crippen LogP contribution in [0.1, 0.15) is 11.1 Å². The van der Waals surface area contributed by atoms with Crippen molar-refractivity contribution in [3.05, 3.63) is 65.7 Å². The predicted molar refractivity (Wildman–Crippen MR) is 107 cm³/mol. The third-order valence-electron chi connectivity index (χ3n) is 4.25. The third-order valence-corrected chi connectivity index (χ3v) is 4.25. The molecule has 0 aliphatic rings. The fraction of sp³-hybridized carbons (Fsp3) is 0.238. The summed E-state index contributed by atoms with van der Waals surface area (Å²) in [6.45, 7) is 5.46. The summed E-state index contributed by atoms with van der Waals surface area (Å²) in [5.74, 6) is 1.34. The van der Waals surface area contributed by atoms with E-state index in [-0.39, 0.29) is 0 Å². The molecule has 0 aliphatic carbocycles. The Morgan fingerprint density at radius 2 is 1.77 bits per heavy atom. The first-order valence-corrected chi connectivity index (χ1v) is 8.68. The molecule has 0 spiro atoms. The molecule has 0 amide bonds. The van der Waals surface area contributed by atoms with Crippen molar-refractivity contribution in [2.75, 3.05) is 30.9 Å². The molecule has 0 bridgehead atoms. The standard InChI is InChI=1S/C21H24N4O/c1-15-8-7-11-18(16(15)2)23-20-14-19(17-9-5-4-6-10-17)24-21(25-20)22-12-13-26-3/h4-11,14H,12-13H2,1-3H3,(H2,22,23,24,25). The van der Waals surface area contributed by atoms with Gasteiger partial charge in [0.05, 0.1) is 12.3 Å². The van der Waals surface area contributed by atoms with E-state index in [9.17, 15) is 0 Å². The van der Waals surface area contributed by atoms with Crippen molar-refractivity contribution in [2.24, 2.45) is 0 Å². The van der Waals surface area contributed by atoms with Gasteiger partial charge in [-0.2, -0.15) is 4.98 Å². The van der Waals surface area contributed by atoms with Crippen molar-refractivity contribution in [1.29, 1.82) is 0 Å². The summed E-state index contributed by atoms with van der Waals surface area (Å²) in [6.07, 6.45) is 0. The lowest BCUT2D eigenvalue weighted by Crippen LogP contribution is -2.11. The van der Waals surface area contributed by atoms with Crippen LogP contribution in [0.25, 0.3) is 11.3 Å². The summed E-state index contributed by atoms with van der Waals surface area (Å²) in [4.78, 5) is 9.25. The minimum absolute atomic E-state index is 0.580. The van der Waals surface area contributed by atoms with Crippen LogP contribution in [0.3, 0.4) is 0 Å². The summed E-state index contributed by atoms with van der Waals surface area (Å²) in [5, 5.41) is 6.65. The monoisotopic (exact) mass is 348 g/mol. The molecular formula is C21H24N4O. The Hall–Kier alpha value is -2.92. The van der Waals surface area contributed by atoms with Crippen LogP contribution in [0.4, 0.5) is 17.5 Å². The van der Waals surface area contributed by atoms with E-state index in [2.05, 4.69) is 46.6 Å². The molecule has 5 heteroatoms. The molecule has 0 atom stereocenters. The van der Waals surface area contributed by atoms with Crippen LogP contribution in [0.15, 0.2) is 54.6 Å². The number of nitrogens with zero attached hydrogens (tertiary/aromatic N) is 2. The molecule has 134 valence electrons. The number of anilines is 3. The van der Waals surface area contributed by atoms with Crippen molar-refractivity contribution >= 4 is 17.5 Å². The molecule has 0 saturated carbocycles. The SMILES string of the molecule is COCCNc1nc(Nc2cccc(C)c2C)cc(-c2ccccc2)n1. The maximum Gasteiger partial charge on any atom is 0.225 e. The van der Waals surface area contributed by atoms with E-state index >= 15 is 0 Å². The first-order valence-electron chi connectivity index (χ1n) is 8.68. The largest absolute Gasteiger partial charge is 0.383 e. The Kier molecular flexibility index (Phi) is 5.81. The first-order chi connectivity index (χ1) is 12.7. The zero-order chi connectivity index (χ0) is 18.4. The molecule has 2 aromatic carbocycles. The van der Waals surface area contributed by atoms with E-state index in [1.54, 1.807) is 7.11 Å². The van der Waals surface area contributed by atoms with Crippen LogP contribution >= 0.6 is 0 Å². The van der Waals surface area contributed by atoms with E-state index in [0.717, 1.165) is 22.8 Å². The lowest BCUT2D eigenvalue weighted by molar-refractivity contribution is 0.210. The number of hydrogen-bond acceptors (Lipinski definition) is 5. The fourth-order valence-corrected chi connectivity index (χ4v) is 2.64. The molecule has 0 unspecified atom stereocenters. The van der Waals surface area contributed by atoms with Gasteiger partial charge < -0.3 is 15.4 Å². The molecule has 1 heterocycles. The number of aromatic nitrogens is 2. The maximum absolute atomic E-state index is 5.10. The van der Waals surface area contributed by atoms with Gasteiger partial charge in [0.2, 0.25) is 5.95 Å². The van der Waals surface area contributed by atoms with Crippen molar-refractivity contribution in [3.8, 4) is 11.3 Å². The Labute approximate surface area is 154 Å². The number of rotatable bonds is 7. The minimum atomic E-state index is 0.580. The molecule has 0 fully saturated rings. The van der Waals surface area contributed by atoms with Gasteiger partial charge in [0, 0.05) is 31.0 Å². The highest BCUT2D eigenvalue weighted by Gasteiger charge is 2.08. The maximum atomic E-state index is 5.10. The number of benzene rings is 2. The summed E-state index contributed by atoms with van der Waals surface area (Å²) in [7, 11) is 1.68. The van der Waals surface area contributed by atoms with Crippen LogP contribution in [-0.2, 0) is 4.74 Å². The molecular weight excluding hydrogens is 324 g/mol. The second-order valence-electron chi connectivity index (χ2n) is 6.12. The first kappa shape index (κ1) is 17.9. The normalized spacial score (nSPS) is 10.6. The Morgan fingerprint density at radius 1 is 0.962 bits per heavy atom. The number of nitrogens with one attached hydrogen (secondary N) is 2. The molecule has 0 saturated heterocycles. The molecule has 1 aromatic heterocycles. The number of hydrogen-bond donors (Lipinski definition) is 2. The predicted octanol–water partition coefficient (Wildman–Crippen LogP) is 4.56. The number of methoxy groups -OCH3 is 1. The molecule has 3 aromatic rings. The lowest BCUT2D eigenvalue weighted by atomic mass is 10.1.